The summed E-state index contributed by atoms with van der Waals surface area (Å²) >= 11 is 0. The smallest absolute Gasteiger partial charge is 0.306 e. The summed E-state index contributed by atoms with van der Waals surface area (Å²) in [5, 5.41) is 11.3. The molecule has 1 aliphatic heterocycles. The Morgan fingerprint density at radius 1 is 1.14 bits per heavy atom. The van der Waals surface area contributed by atoms with E-state index in [1.807, 2.05) is 44.2 Å². The Hall–Kier alpha value is -2.46. The highest BCUT2D eigenvalue weighted by molar-refractivity contribution is 7.89. The molecule has 0 bridgehead atoms. The zero-order valence-corrected chi connectivity index (χ0v) is 21.2. The van der Waals surface area contributed by atoms with Crippen LogP contribution in [0.1, 0.15) is 32.3 Å². The molecule has 8 nitrogen and oxygen atoms in total. The van der Waals surface area contributed by atoms with Crippen LogP contribution < -0.4 is 5.73 Å². The van der Waals surface area contributed by atoms with Gasteiger partial charge in [0.1, 0.15) is 6.10 Å². The first-order valence-electron chi connectivity index (χ1n) is 12.0. The Morgan fingerprint density at radius 2 is 1.83 bits per heavy atom. The lowest BCUT2D eigenvalue weighted by molar-refractivity contribution is -0.151. The topological polar surface area (TPSA) is 119 Å². The molecule has 9 heteroatoms. The first-order valence-corrected chi connectivity index (χ1v) is 13.4. The van der Waals surface area contributed by atoms with Crippen LogP contribution in [0.15, 0.2) is 59.5 Å². The summed E-state index contributed by atoms with van der Waals surface area (Å²) in [5.41, 5.74) is 7.14. The summed E-state index contributed by atoms with van der Waals surface area (Å²) in [4.78, 5) is 12.8. The van der Waals surface area contributed by atoms with Gasteiger partial charge in [-0.1, -0.05) is 44.2 Å². The second-order valence-corrected chi connectivity index (χ2v) is 11.4. The molecule has 1 saturated heterocycles. The van der Waals surface area contributed by atoms with Crippen molar-refractivity contribution in [3.05, 3.63) is 60.2 Å². The number of hydrogen-bond acceptors (Lipinski definition) is 7. The Morgan fingerprint density at radius 3 is 2.43 bits per heavy atom. The number of benzene rings is 2. The molecule has 1 aliphatic rings. The number of nitrogens with two attached hydrogens (primary N) is 1. The third-order valence-corrected chi connectivity index (χ3v) is 7.82. The van der Waals surface area contributed by atoms with Crippen molar-refractivity contribution in [1.82, 2.24) is 4.31 Å². The van der Waals surface area contributed by atoms with E-state index in [4.69, 9.17) is 15.2 Å². The first-order chi connectivity index (χ1) is 16.6. The van der Waals surface area contributed by atoms with Crippen LogP contribution in [0.25, 0.3) is 0 Å². The minimum absolute atomic E-state index is 0.0238. The lowest BCUT2D eigenvalue weighted by atomic mass is 9.90. The molecular weight excluding hydrogens is 468 g/mol. The Labute approximate surface area is 208 Å². The van der Waals surface area contributed by atoms with Crippen LogP contribution in [0.5, 0.6) is 0 Å². The Kier molecular flexibility index (Phi) is 9.68. The molecular formula is C26H36N2O6S. The number of nitrogen functional groups attached to an aromatic ring is 1. The normalized spacial score (nSPS) is 18.0. The van der Waals surface area contributed by atoms with Crippen LogP contribution in [-0.4, -0.2) is 62.3 Å². The first kappa shape index (κ1) is 27.1. The van der Waals surface area contributed by atoms with Crippen LogP contribution >= 0.6 is 0 Å². The van der Waals surface area contributed by atoms with Crippen LogP contribution in [0.4, 0.5) is 5.69 Å². The van der Waals surface area contributed by atoms with Gasteiger partial charge < -0.3 is 20.3 Å². The highest BCUT2D eigenvalue weighted by Gasteiger charge is 2.32. The fourth-order valence-electron chi connectivity index (χ4n) is 4.14. The van der Waals surface area contributed by atoms with Gasteiger partial charge in [0.25, 0.3) is 0 Å². The van der Waals surface area contributed by atoms with E-state index in [1.165, 1.54) is 28.6 Å². The maximum atomic E-state index is 13.4. The predicted octanol–water partition coefficient (Wildman–Crippen LogP) is 2.86. The van der Waals surface area contributed by atoms with Crippen molar-refractivity contribution in [2.24, 2.45) is 11.8 Å². The molecule has 1 heterocycles. The van der Waals surface area contributed by atoms with Gasteiger partial charge in [0.2, 0.25) is 10.0 Å². The van der Waals surface area contributed by atoms with Crippen LogP contribution in [-0.2, 0) is 30.7 Å². The van der Waals surface area contributed by atoms with E-state index in [-0.39, 0.29) is 36.4 Å². The van der Waals surface area contributed by atoms with Gasteiger partial charge in [-0.3, -0.25) is 4.79 Å². The van der Waals surface area contributed by atoms with Crippen molar-refractivity contribution in [1.29, 1.82) is 0 Å². The molecule has 0 aliphatic carbocycles. The molecule has 0 amide bonds. The second-order valence-electron chi connectivity index (χ2n) is 9.48. The van der Waals surface area contributed by atoms with E-state index in [0.717, 1.165) is 5.56 Å². The number of ether oxygens (including phenoxy) is 2. The number of esters is 1. The molecule has 3 N–H and O–H groups in total. The van der Waals surface area contributed by atoms with Gasteiger partial charge in [0.05, 0.1) is 30.6 Å². The lowest BCUT2D eigenvalue weighted by Crippen LogP contribution is -2.43. The van der Waals surface area contributed by atoms with E-state index in [9.17, 15) is 18.3 Å². The lowest BCUT2D eigenvalue weighted by Gasteiger charge is -2.30. The van der Waals surface area contributed by atoms with Gasteiger partial charge in [-0.2, -0.15) is 4.31 Å². The van der Waals surface area contributed by atoms with Crippen molar-refractivity contribution in [3.63, 3.8) is 0 Å². The van der Waals surface area contributed by atoms with Crippen LogP contribution in [0.2, 0.25) is 0 Å². The van der Waals surface area contributed by atoms with Gasteiger partial charge in [-0.05, 0) is 42.2 Å². The van der Waals surface area contributed by atoms with Crippen molar-refractivity contribution >= 4 is 21.7 Å². The number of carbonyl (C=O) groups is 1. The quantitative estimate of drug-likeness (QED) is 0.337. The molecule has 0 saturated carbocycles. The van der Waals surface area contributed by atoms with Gasteiger partial charge >= 0.3 is 5.97 Å². The van der Waals surface area contributed by atoms with E-state index >= 15 is 0 Å². The van der Waals surface area contributed by atoms with E-state index < -0.39 is 28.0 Å². The van der Waals surface area contributed by atoms with Gasteiger partial charge in [0.15, 0.2) is 0 Å². The van der Waals surface area contributed by atoms with Gasteiger partial charge in [0, 0.05) is 31.1 Å². The Balaban J connectivity index is 1.80. The third kappa shape index (κ3) is 8.03. The third-order valence-electron chi connectivity index (χ3n) is 5.98. The SMILES string of the molecule is CC(C)CN(CC(O)C(CC(=O)OC1CCOC1)Cc1ccccc1)S(=O)(=O)c1ccc(N)cc1. The van der Waals surface area contributed by atoms with E-state index in [0.29, 0.717) is 31.7 Å². The summed E-state index contributed by atoms with van der Waals surface area (Å²) in [6.45, 7) is 4.86. The minimum Gasteiger partial charge on any atom is -0.460 e. The monoisotopic (exact) mass is 504 g/mol. The van der Waals surface area contributed by atoms with Crippen molar-refractivity contribution in [2.45, 2.75) is 50.2 Å². The second kappa shape index (κ2) is 12.5. The maximum Gasteiger partial charge on any atom is 0.306 e. The molecule has 35 heavy (non-hydrogen) atoms. The molecule has 2 aromatic rings. The molecule has 3 rings (SSSR count). The largest absolute Gasteiger partial charge is 0.460 e. The number of sulfonamides is 1. The molecule has 0 spiro atoms. The number of rotatable bonds is 12. The highest BCUT2D eigenvalue weighted by atomic mass is 32.2. The zero-order chi connectivity index (χ0) is 25.4. The molecule has 3 atom stereocenters. The molecule has 0 aromatic heterocycles. The summed E-state index contributed by atoms with van der Waals surface area (Å²) in [6.07, 6.45) is -0.315. The number of carbonyl (C=O) groups excluding carboxylic acids is 1. The zero-order valence-electron chi connectivity index (χ0n) is 20.4. The summed E-state index contributed by atoms with van der Waals surface area (Å²) < 4.78 is 38.9. The predicted molar refractivity (Wildman–Crippen MR) is 134 cm³/mol. The summed E-state index contributed by atoms with van der Waals surface area (Å²) in [7, 11) is -3.88. The number of nitrogens with zero attached hydrogens (tertiary/aromatic N) is 1. The van der Waals surface area contributed by atoms with Gasteiger partial charge in [-0.15, -0.1) is 0 Å². The number of aliphatic hydroxyl groups is 1. The molecule has 3 unspecified atom stereocenters. The molecule has 1 fully saturated rings. The van der Waals surface area contributed by atoms with E-state index in [1.54, 1.807) is 0 Å². The minimum atomic E-state index is -3.88. The fourth-order valence-corrected chi connectivity index (χ4v) is 5.76. The summed E-state index contributed by atoms with van der Waals surface area (Å²) in [6, 6.07) is 15.5. The van der Waals surface area contributed by atoms with Crippen LogP contribution in [0, 0.1) is 11.8 Å². The average Bonchev–Trinajstić information content (AvgIpc) is 3.31. The maximum absolute atomic E-state index is 13.4. The van der Waals surface area contributed by atoms with Crippen molar-refractivity contribution in [2.75, 3.05) is 32.0 Å². The molecule has 0 radical (unpaired) electrons. The number of hydrogen-bond donors (Lipinski definition) is 2. The average molecular weight is 505 g/mol. The fraction of sp³-hybridized carbons (Fsp3) is 0.500. The summed E-state index contributed by atoms with van der Waals surface area (Å²) in [5.74, 6) is -0.911. The number of aliphatic hydroxyl groups excluding tert-OH is 1. The van der Waals surface area contributed by atoms with Crippen molar-refractivity contribution < 1.29 is 27.8 Å². The molecule has 192 valence electrons. The van der Waals surface area contributed by atoms with E-state index in [2.05, 4.69) is 0 Å². The standard InChI is InChI=1S/C26H36N2O6S/c1-19(2)16-28(35(31,32)24-10-8-22(27)9-11-24)17-25(29)21(14-20-6-4-3-5-7-20)15-26(30)34-23-12-13-33-18-23/h3-11,19,21,23,25,29H,12-18,27H2,1-2H3. The number of anilines is 1. The molecule has 2 aromatic carbocycles. The van der Waals surface area contributed by atoms with Gasteiger partial charge in [-0.25, -0.2) is 8.42 Å². The van der Waals surface area contributed by atoms with Crippen molar-refractivity contribution in [3.8, 4) is 0 Å². The highest BCUT2D eigenvalue weighted by Crippen LogP contribution is 2.24. The Bertz CT molecular complexity index is 1040. The van der Waals surface area contributed by atoms with Crippen LogP contribution in [0.3, 0.4) is 0 Å².